The van der Waals surface area contributed by atoms with Crippen LogP contribution in [-0.2, 0) is 0 Å². The smallest absolute Gasteiger partial charge is 0.291 e. The number of aromatic amines is 1. The SMILES string of the molecule is Cc1ccc(/C=N/NC(=O)c2cc(-c3ccco3)[nH]n2)cc1. The number of amides is 1. The minimum atomic E-state index is -0.391. The molecule has 2 N–H and O–H groups in total. The summed E-state index contributed by atoms with van der Waals surface area (Å²) < 4.78 is 5.23. The fourth-order valence-electron chi connectivity index (χ4n) is 1.87. The summed E-state index contributed by atoms with van der Waals surface area (Å²) in [5.41, 5.74) is 5.39. The second-order valence-corrected chi connectivity index (χ2v) is 4.75. The molecule has 2 aromatic heterocycles. The second kappa shape index (κ2) is 6.09. The molecule has 6 heteroatoms. The standard InChI is InChI=1S/C16H14N4O2/c1-11-4-6-12(7-5-11)10-17-20-16(21)14-9-13(18-19-14)15-3-2-8-22-15/h2-10H,1H3,(H,18,19)(H,20,21)/b17-10+. The number of rotatable bonds is 4. The molecule has 1 amide bonds. The zero-order chi connectivity index (χ0) is 15.4. The molecule has 0 saturated heterocycles. The highest BCUT2D eigenvalue weighted by atomic mass is 16.3. The minimum absolute atomic E-state index is 0.243. The summed E-state index contributed by atoms with van der Waals surface area (Å²) in [5, 5.41) is 10.6. The molecule has 0 atom stereocenters. The molecule has 0 unspecified atom stereocenters. The molecule has 0 bridgehead atoms. The molecule has 3 aromatic rings. The van der Waals surface area contributed by atoms with E-state index in [2.05, 4.69) is 20.7 Å². The molecule has 0 radical (unpaired) electrons. The van der Waals surface area contributed by atoms with E-state index in [9.17, 15) is 4.79 Å². The summed E-state index contributed by atoms with van der Waals surface area (Å²) >= 11 is 0. The van der Waals surface area contributed by atoms with E-state index < -0.39 is 5.91 Å². The highest BCUT2D eigenvalue weighted by Crippen LogP contribution is 2.17. The fraction of sp³-hybridized carbons (Fsp3) is 0.0625. The fourth-order valence-corrected chi connectivity index (χ4v) is 1.87. The number of aryl methyl sites for hydroxylation is 1. The van der Waals surface area contributed by atoms with Crippen molar-refractivity contribution in [2.75, 3.05) is 0 Å². The van der Waals surface area contributed by atoms with E-state index >= 15 is 0 Å². The first-order valence-electron chi connectivity index (χ1n) is 6.72. The Morgan fingerprint density at radius 3 is 2.86 bits per heavy atom. The van der Waals surface area contributed by atoms with Crippen LogP contribution in [0.15, 0.2) is 58.2 Å². The van der Waals surface area contributed by atoms with E-state index in [-0.39, 0.29) is 5.69 Å². The van der Waals surface area contributed by atoms with E-state index in [1.165, 1.54) is 5.56 Å². The van der Waals surface area contributed by atoms with Gasteiger partial charge in [0.25, 0.3) is 5.91 Å². The molecule has 0 fully saturated rings. The Labute approximate surface area is 126 Å². The molecule has 0 aliphatic carbocycles. The maximum Gasteiger partial charge on any atom is 0.291 e. The Balaban J connectivity index is 1.63. The highest BCUT2D eigenvalue weighted by Gasteiger charge is 2.11. The molecule has 110 valence electrons. The van der Waals surface area contributed by atoms with Crippen LogP contribution in [0.3, 0.4) is 0 Å². The highest BCUT2D eigenvalue weighted by molar-refractivity contribution is 5.93. The third-order valence-corrected chi connectivity index (χ3v) is 3.05. The van der Waals surface area contributed by atoms with Crippen LogP contribution in [0.1, 0.15) is 21.6 Å². The number of nitrogens with one attached hydrogen (secondary N) is 2. The average Bonchev–Trinajstić information content (AvgIpc) is 3.20. The van der Waals surface area contributed by atoms with Gasteiger partial charge < -0.3 is 4.42 Å². The van der Waals surface area contributed by atoms with Gasteiger partial charge in [-0.25, -0.2) is 5.43 Å². The van der Waals surface area contributed by atoms with Crippen LogP contribution >= 0.6 is 0 Å². The first kappa shape index (κ1) is 13.8. The van der Waals surface area contributed by atoms with Gasteiger partial charge in [-0.1, -0.05) is 29.8 Å². The van der Waals surface area contributed by atoms with E-state index in [1.54, 1.807) is 30.7 Å². The van der Waals surface area contributed by atoms with Gasteiger partial charge in [-0.3, -0.25) is 9.89 Å². The number of carbonyl (C=O) groups is 1. The van der Waals surface area contributed by atoms with Crippen molar-refractivity contribution < 1.29 is 9.21 Å². The zero-order valence-electron chi connectivity index (χ0n) is 11.9. The predicted molar refractivity (Wildman–Crippen MR) is 82.5 cm³/mol. The number of furan rings is 1. The van der Waals surface area contributed by atoms with Crippen LogP contribution < -0.4 is 5.43 Å². The van der Waals surface area contributed by atoms with Crippen molar-refractivity contribution >= 4 is 12.1 Å². The molecular formula is C16H14N4O2. The number of hydrogen-bond acceptors (Lipinski definition) is 4. The largest absolute Gasteiger partial charge is 0.463 e. The lowest BCUT2D eigenvalue weighted by Crippen LogP contribution is -2.17. The minimum Gasteiger partial charge on any atom is -0.463 e. The number of carbonyl (C=O) groups excluding carboxylic acids is 1. The number of hydrogen-bond donors (Lipinski definition) is 2. The van der Waals surface area contributed by atoms with Gasteiger partial charge >= 0.3 is 0 Å². The van der Waals surface area contributed by atoms with Crippen LogP contribution in [0.4, 0.5) is 0 Å². The van der Waals surface area contributed by atoms with Crippen molar-refractivity contribution in [2.45, 2.75) is 6.92 Å². The van der Waals surface area contributed by atoms with Gasteiger partial charge in [0.2, 0.25) is 0 Å². The molecule has 0 aliphatic heterocycles. The molecular weight excluding hydrogens is 280 g/mol. The van der Waals surface area contributed by atoms with Crippen molar-refractivity contribution in [3.63, 3.8) is 0 Å². The molecule has 0 aliphatic rings. The number of H-pyrrole nitrogens is 1. The third-order valence-electron chi connectivity index (χ3n) is 3.05. The quantitative estimate of drug-likeness (QED) is 0.573. The van der Waals surface area contributed by atoms with E-state index in [0.29, 0.717) is 11.5 Å². The van der Waals surface area contributed by atoms with Crippen LogP contribution in [0.25, 0.3) is 11.5 Å². The molecule has 3 rings (SSSR count). The van der Waals surface area contributed by atoms with E-state index in [4.69, 9.17) is 4.42 Å². The average molecular weight is 294 g/mol. The zero-order valence-corrected chi connectivity index (χ0v) is 11.9. The Morgan fingerprint density at radius 2 is 2.14 bits per heavy atom. The van der Waals surface area contributed by atoms with Crippen molar-refractivity contribution in [3.05, 3.63) is 65.5 Å². The van der Waals surface area contributed by atoms with Gasteiger partial charge in [0.05, 0.1) is 12.5 Å². The van der Waals surface area contributed by atoms with Crippen LogP contribution in [-0.4, -0.2) is 22.3 Å². The van der Waals surface area contributed by atoms with Crippen molar-refractivity contribution in [1.82, 2.24) is 15.6 Å². The summed E-state index contributed by atoms with van der Waals surface area (Å²) in [5.74, 6) is 0.229. The number of hydrazone groups is 1. The molecule has 6 nitrogen and oxygen atoms in total. The van der Waals surface area contributed by atoms with Crippen LogP contribution in [0.5, 0.6) is 0 Å². The summed E-state index contributed by atoms with van der Waals surface area (Å²) in [6.45, 7) is 2.01. The number of benzene rings is 1. The summed E-state index contributed by atoms with van der Waals surface area (Å²) in [7, 11) is 0. The molecule has 0 saturated carbocycles. The van der Waals surface area contributed by atoms with E-state index in [1.807, 2.05) is 31.2 Å². The van der Waals surface area contributed by atoms with Crippen molar-refractivity contribution in [3.8, 4) is 11.5 Å². The van der Waals surface area contributed by atoms with E-state index in [0.717, 1.165) is 5.56 Å². The lowest BCUT2D eigenvalue weighted by molar-refractivity contribution is 0.0950. The maximum absolute atomic E-state index is 11.9. The molecule has 1 aromatic carbocycles. The monoisotopic (exact) mass is 294 g/mol. The summed E-state index contributed by atoms with van der Waals surface area (Å²) in [6.07, 6.45) is 3.14. The summed E-state index contributed by atoms with van der Waals surface area (Å²) in [4.78, 5) is 11.9. The normalized spacial score (nSPS) is 11.0. The Hall–Kier alpha value is -3.15. The first-order chi connectivity index (χ1) is 10.7. The van der Waals surface area contributed by atoms with Crippen molar-refractivity contribution in [2.24, 2.45) is 5.10 Å². The van der Waals surface area contributed by atoms with Crippen LogP contribution in [0, 0.1) is 6.92 Å². The Kier molecular flexibility index (Phi) is 3.82. The Morgan fingerprint density at radius 1 is 1.32 bits per heavy atom. The van der Waals surface area contributed by atoms with Crippen LogP contribution in [0.2, 0.25) is 0 Å². The lowest BCUT2D eigenvalue weighted by atomic mass is 10.2. The molecule has 0 spiro atoms. The lowest BCUT2D eigenvalue weighted by Gasteiger charge is -1.96. The summed E-state index contributed by atoms with van der Waals surface area (Å²) in [6, 6.07) is 13.0. The number of aromatic nitrogens is 2. The second-order valence-electron chi connectivity index (χ2n) is 4.75. The van der Waals surface area contributed by atoms with Gasteiger partial charge in [-0.15, -0.1) is 0 Å². The van der Waals surface area contributed by atoms with Gasteiger partial charge in [0.1, 0.15) is 5.69 Å². The topological polar surface area (TPSA) is 83.3 Å². The maximum atomic E-state index is 11.9. The van der Waals surface area contributed by atoms with Crippen molar-refractivity contribution in [1.29, 1.82) is 0 Å². The number of nitrogens with zero attached hydrogens (tertiary/aromatic N) is 2. The van der Waals surface area contributed by atoms with Gasteiger partial charge in [-0.2, -0.15) is 10.2 Å². The van der Waals surface area contributed by atoms with Gasteiger partial charge in [-0.05, 0) is 24.6 Å². The molecule has 22 heavy (non-hydrogen) atoms. The van der Waals surface area contributed by atoms with Gasteiger partial charge in [0, 0.05) is 6.07 Å². The molecule has 2 heterocycles. The third kappa shape index (κ3) is 3.12. The van der Waals surface area contributed by atoms with Gasteiger partial charge in [0.15, 0.2) is 11.5 Å². The first-order valence-corrected chi connectivity index (χ1v) is 6.72. The predicted octanol–water partition coefficient (Wildman–Crippen LogP) is 2.74. The Bertz CT molecular complexity index is 786.